The van der Waals surface area contributed by atoms with Gasteiger partial charge in [-0.3, -0.25) is 0 Å². The molecule has 0 saturated heterocycles. The highest BCUT2D eigenvalue weighted by molar-refractivity contribution is 5.80. The highest BCUT2D eigenvalue weighted by atomic mass is 16.4. The van der Waals surface area contributed by atoms with Gasteiger partial charge in [0.25, 0.3) is 0 Å². The summed E-state index contributed by atoms with van der Waals surface area (Å²) in [6.07, 6.45) is 4.74. The Labute approximate surface area is 106 Å². The molecule has 0 saturated carbocycles. The third-order valence-electron chi connectivity index (χ3n) is 2.76. The predicted octanol–water partition coefficient (Wildman–Crippen LogP) is 2.63. The van der Waals surface area contributed by atoms with Crippen molar-refractivity contribution >= 4 is 17.0 Å². The molecule has 4 nitrogen and oxygen atoms in total. The van der Waals surface area contributed by atoms with E-state index in [1.54, 1.807) is 6.08 Å². The number of fused-ring (bicyclic) bond motifs is 1. The number of aryl methyl sites for hydroxylation is 1. The molecule has 1 aromatic heterocycles. The largest absolute Gasteiger partial charge is 0.478 e. The molecule has 4 heteroatoms. The van der Waals surface area contributed by atoms with Gasteiger partial charge in [0.05, 0.1) is 11.0 Å². The van der Waals surface area contributed by atoms with Gasteiger partial charge in [0.15, 0.2) is 0 Å². The van der Waals surface area contributed by atoms with E-state index in [9.17, 15) is 4.79 Å². The molecule has 0 aliphatic rings. The van der Waals surface area contributed by atoms with Crippen LogP contribution in [0, 0.1) is 0 Å². The minimum atomic E-state index is -0.920. The fraction of sp³-hybridized carbons (Fsp3) is 0.286. The lowest BCUT2D eigenvalue weighted by atomic mass is 10.3. The molecular formula is C14H16N2O2. The molecule has 0 unspecified atom stereocenters. The molecule has 0 amide bonds. The normalized spacial score (nSPS) is 11.4. The van der Waals surface area contributed by atoms with Gasteiger partial charge in [-0.05, 0) is 18.6 Å². The van der Waals surface area contributed by atoms with Gasteiger partial charge in [-0.25, -0.2) is 9.78 Å². The first-order valence-corrected chi connectivity index (χ1v) is 6.06. The molecule has 1 N–H and O–H groups in total. The second-order valence-corrected chi connectivity index (χ2v) is 4.12. The van der Waals surface area contributed by atoms with E-state index in [1.165, 1.54) is 6.08 Å². The Balaban J connectivity index is 2.38. The van der Waals surface area contributed by atoms with E-state index >= 15 is 0 Å². The topological polar surface area (TPSA) is 55.1 Å². The van der Waals surface area contributed by atoms with E-state index in [2.05, 4.69) is 16.5 Å². The molecule has 1 aromatic carbocycles. The molecule has 0 aliphatic heterocycles. The van der Waals surface area contributed by atoms with Crippen LogP contribution in [0.4, 0.5) is 0 Å². The SMILES string of the molecule is CCCc1nc2ccccc2n1C/C=C/C(=O)O. The van der Waals surface area contributed by atoms with Crippen molar-refractivity contribution in [3.8, 4) is 0 Å². The Morgan fingerprint density at radius 3 is 2.94 bits per heavy atom. The lowest BCUT2D eigenvalue weighted by Gasteiger charge is -2.04. The summed E-state index contributed by atoms with van der Waals surface area (Å²) >= 11 is 0. The summed E-state index contributed by atoms with van der Waals surface area (Å²) in [5.41, 5.74) is 2.01. The Hall–Kier alpha value is -2.10. The second kappa shape index (κ2) is 5.49. The molecule has 94 valence electrons. The monoisotopic (exact) mass is 244 g/mol. The number of rotatable bonds is 5. The minimum absolute atomic E-state index is 0.544. The van der Waals surface area contributed by atoms with Crippen molar-refractivity contribution in [2.75, 3.05) is 0 Å². The van der Waals surface area contributed by atoms with Crippen LogP contribution in [-0.4, -0.2) is 20.6 Å². The van der Waals surface area contributed by atoms with Crippen LogP contribution in [0.25, 0.3) is 11.0 Å². The quantitative estimate of drug-likeness (QED) is 0.822. The summed E-state index contributed by atoms with van der Waals surface area (Å²) in [6.45, 7) is 2.65. The summed E-state index contributed by atoms with van der Waals surface area (Å²) in [7, 11) is 0. The maximum absolute atomic E-state index is 10.5. The van der Waals surface area contributed by atoms with Crippen molar-refractivity contribution in [1.82, 2.24) is 9.55 Å². The summed E-state index contributed by atoms with van der Waals surface area (Å²) in [5.74, 6) is 0.0881. The average molecular weight is 244 g/mol. The predicted molar refractivity (Wildman–Crippen MR) is 70.5 cm³/mol. The lowest BCUT2D eigenvalue weighted by Crippen LogP contribution is -2.02. The average Bonchev–Trinajstić information content (AvgIpc) is 2.68. The Morgan fingerprint density at radius 1 is 1.44 bits per heavy atom. The van der Waals surface area contributed by atoms with Gasteiger partial charge in [0.1, 0.15) is 5.82 Å². The maximum atomic E-state index is 10.5. The molecule has 0 aliphatic carbocycles. The zero-order valence-electron chi connectivity index (χ0n) is 10.3. The standard InChI is InChI=1S/C14H16N2O2/c1-2-6-13-15-11-7-3-4-8-12(11)16(13)10-5-9-14(17)18/h3-5,7-9H,2,6,10H2,1H3,(H,17,18)/b9-5+. The number of aliphatic carboxylic acids is 1. The van der Waals surface area contributed by atoms with Crippen LogP contribution < -0.4 is 0 Å². The third-order valence-corrected chi connectivity index (χ3v) is 2.76. The summed E-state index contributed by atoms with van der Waals surface area (Å²) in [4.78, 5) is 15.1. The summed E-state index contributed by atoms with van der Waals surface area (Å²) in [6, 6.07) is 7.92. The van der Waals surface area contributed by atoms with Crippen LogP contribution in [0.2, 0.25) is 0 Å². The van der Waals surface area contributed by atoms with Crippen molar-refractivity contribution < 1.29 is 9.90 Å². The maximum Gasteiger partial charge on any atom is 0.328 e. The number of hydrogen-bond donors (Lipinski definition) is 1. The number of aromatic nitrogens is 2. The number of hydrogen-bond acceptors (Lipinski definition) is 2. The zero-order valence-corrected chi connectivity index (χ0v) is 10.3. The smallest absolute Gasteiger partial charge is 0.328 e. The number of nitrogens with zero attached hydrogens (tertiary/aromatic N) is 2. The number of carboxylic acids is 1. The lowest BCUT2D eigenvalue weighted by molar-refractivity contribution is -0.131. The van der Waals surface area contributed by atoms with Crippen LogP contribution >= 0.6 is 0 Å². The van der Waals surface area contributed by atoms with Gasteiger partial charge in [0, 0.05) is 19.0 Å². The van der Waals surface area contributed by atoms with Gasteiger partial charge in [-0.1, -0.05) is 25.1 Å². The Morgan fingerprint density at radius 2 is 2.22 bits per heavy atom. The molecular weight excluding hydrogens is 228 g/mol. The van der Waals surface area contributed by atoms with Crippen LogP contribution in [0.5, 0.6) is 0 Å². The van der Waals surface area contributed by atoms with Gasteiger partial charge in [0.2, 0.25) is 0 Å². The number of allylic oxidation sites excluding steroid dienone is 1. The number of carbonyl (C=O) groups is 1. The summed E-state index contributed by atoms with van der Waals surface area (Å²) in [5, 5.41) is 8.62. The van der Waals surface area contributed by atoms with Crippen LogP contribution in [-0.2, 0) is 17.8 Å². The summed E-state index contributed by atoms with van der Waals surface area (Å²) < 4.78 is 2.07. The first-order chi connectivity index (χ1) is 8.72. The molecule has 0 bridgehead atoms. The number of para-hydroxylation sites is 2. The van der Waals surface area contributed by atoms with Crippen molar-refractivity contribution in [2.24, 2.45) is 0 Å². The number of benzene rings is 1. The van der Waals surface area contributed by atoms with E-state index in [0.29, 0.717) is 6.54 Å². The van der Waals surface area contributed by atoms with Gasteiger partial charge >= 0.3 is 5.97 Å². The molecule has 2 aromatic rings. The minimum Gasteiger partial charge on any atom is -0.478 e. The van der Waals surface area contributed by atoms with Crippen molar-refractivity contribution in [1.29, 1.82) is 0 Å². The van der Waals surface area contributed by atoms with Crippen molar-refractivity contribution in [3.63, 3.8) is 0 Å². The van der Waals surface area contributed by atoms with Crippen LogP contribution in [0.3, 0.4) is 0 Å². The van der Waals surface area contributed by atoms with E-state index in [-0.39, 0.29) is 0 Å². The van der Waals surface area contributed by atoms with Gasteiger partial charge < -0.3 is 9.67 Å². The molecule has 0 radical (unpaired) electrons. The molecule has 0 fully saturated rings. The highest BCUT2D eigenvalue weighted by Gasteiger charge is 2.07. The van der Waals surface area contributed by atoms with Gasteiger partial charge in [-0.15, -0.1) is 0 Å². The molecule has 1 heterocycles. The van der Waals surface area contributed by atoms with Crippen molar-refractivity contribution in [2.45, 2.75) is 26.3 Å². The Bertz CT molecular complexity index is 584. The first-order valence-electron chi connectivity index (χ1n) is 6.06. The Kier molecular flexibility index (Phi) is 3.77. The van der Waals surface area contributed by atoms with E-state index < -0.39 is 5.97 Å². The fourth-order valence-corrected chi connectivity index (χ4v) is 2.00. The van der Waals surface area contributed by atoms with E-state index in [4.69, 9.17) is 5.11 Å². The first kappa shape index (κ1) is 12.4. The van der Waals surface area contributed by atoms with Crippen molar-refractivity contribution in [3.05, 3.63) is 42.2 Å². The van der Waals surface area contributed by atoms with Gasteiger partial charge in [-0.2, -0.15) is 0 Å². The number of imidazole rings is 1. The second-order valence-electron chi connectivity index (χ2n) is 4.12. The third kappa shape index (κ3) is 2.59. The molecule has 18 heavy (non-hydrogen) atoms. The number of carboxylic acid groups (broad SMARTS) is 1. The van der Waals surface area contributed by atoms with E-state index in [1.807, 2.05) is 24.3 Å². The molecule has 0 atom stereocenters. The highest BCUT2D eigenvalue weighted by Crippen LogP contribution is 2.17. The molecule has 0 spiro atoms. The van der Waals surface area contributed by atoms with Crippen LogP contribution in [0.15, 0.2) is 36.4 Å². The fourth-order valence-electron chi connectivity index (χ4n) is 2.00. The molecule has 2 rings (SSSR count). The van der Waals surface area contributed by atoms with E-state index in [0.717, 1.165) is 29.7 Å². The van der Waals surface area contributed by atoms with Crippen LogP contribution in [0.1, 0.15) is 19.2 Å². The zero-order chi connectivity index (χ0) is 13.0.